The minimum atomic E-state index is -0.0330. The molecular weight excluding hydrogens is 354 g/mol. The Bertz CT molecular complexity index is 931. The predicted octanol–water partition coefficient (Wildman–Crippen LogP) is 4.60. The summed E-state index contributed by atoms with van der Waals surface area (Å²) in [6.07, 6.45) is 4.40. The zero-order valence-electron chi connectivity index (χ0n) is 16.1. The van der Waals surface area contributed by atoms with E-state index in [2.05, 4.69) is 24.0 Å². The first-order chi connectivity index (χ1) is 13.0. The van der Waals surface area contributed by atoms with E-state index in [-0.39, 0.29) is 5.91 Å². The van der Waals surface area contributed by atoms with Gasteiger partial charge in [-0.2, -0.15) is 0 Å². The molecule has 1 amide bonds. The first-order valence-corrected chi connectivity index (χ1v) is 9.92. The van der Waals surface area contributed by atoms with E-state index in [4.69, 9.17) is 4.98 Å². The number of anilines is 1. The number of hydrogen-bond acceptors (Lipinski definition) is 4. The fraction of sp³-hybridized carbons (Fsp3) is 0.273. The van der Waals surface area contributed by atoms with Crippen LogP contribution in [0, 0.1) is 6.92 Å². The van der Waals surface area contributed by atoms with Crippen molar-refractivity contribution in [1.29, 1.82) is 0 Å². The summed E-state index contributed by atoms with van der Waals surface area (Å²) in [6.45, 7) is 3.63. The predicted molar refractivity (Wildman–Crippen MR) is 115 cm³/mol. The van der Waals surface area contributed by atoms with Gasteiger partial charge < -0.3 is 4.90 Å². The molecule has 0 spiro atoms. The van der Waals surface area contributed by atoms with Gasteiger partial charge in [-0.1, -0.05) is 53.8 Å². The van der Waals surface area contributed by atoms with Crippen LogP contribution in [0.3, 0.4) is 0 Å². The third-order valence-electron chi connectivity index (χ3n) is 4.31. The summed E-state index contributed by atoms with van der Waals surface area (Å²) < 4.78 is 1.11. The van der Waals surface area contributed by atoms with Crippen LogP contribution in [-0.4, -0.2) is 43.0 Å². The summed E-state index contributed by atoms with van der Waals surface area (Å²) in [6, 6.07) is 16.0. The molecule has 0 radical (unpaired) electrons. The number of aryl methyl sites for hydroxylation is 1. The maximum Gasteiger partial charge on any atom is 0.252 e. The zero-order valence-corrected chi connectivity index (χ0v) is 16.9. The minimum Gasteiger partial charge on any atom is -0.309 e. The van der Waals surface area contributed by atoms with Gasteiger partial charge in [0.2, 0.25) is 0 Å². The molecular formula is C22H25N3OS. The lowest BCUT2D eigenvalue weighted by Gasteiger charge is -2.19. The molecule has 0 bridgehead atoms. The standard InChI is InChI=1S/C22H25N3OS/c1-17-9-7-12-19-21(17)23-22(27-19)25(16-8-15-24(2)3)20(26)14-13-18-10-5-4-6-11-18/h4-7,9-14H,8,15-16H2,1-3H3. The number of nitrogens with zero attached hydrogens (tertiary/aromatic N) is 3. The van der Waals surface area contributed by atoms with Crippen molar-refractivity contribution in [2.75, 3.05) is 32.1 Å². The largest absolute Gasteiger partial charge is 0.309 e. The number of benzene rings is 2. The number of para-hydroxylation sites is 1. The van der Waals surface area contributed by atoms with Gasteiger partial charge in [0.05, 0.1) is 10.2 Å². The Morgan fingerprint density at radius 2 is 1.85 bits per heavy atom. The van der Waals surface area contributed by atoms with Crippen LogP contribution >= 0.6 is 11.3 Å². The molecule has 3 aromatic rings. The highest BCUT2D eigenvalue weighted by Gasteiger charge is 2.18. The summed E-state index contributed by atoms with van der Waals surface area (Å²) in [5.41, 5.74) is 3.13. The fourth-order valence-corrected chi connectivity index (χ4v) is 3.93. The van der Waals surface area contributed by atoms with Gasteiger partial charge in [0.15, 0.2) is 5.13 Å². The molecule has 140 valence electrons. The molecule has 27 heavy (non-hydrogen) atoms. The second kappa shape index (κ2) is 8.93. The third-order valence-corrected chi connectivity index (χ3v) is 5.35. The lowest BCUT2D eigenvalue weighted by molar-refractivity contribution is -0.114. The summed E-state index contributed by atoms with van der Waals surface area (Å²) in [7, 11) is 4.09. The van der Waals surface area contributed by atoms with Gasteiger partial charge in [0, 0.05) is 12.6 Å². The maximum absolute atomic E-state index is 12.9. The molecule has 5 heteroatoms. The van der Waals surface area contributed by atoms with Crippen LogP contribution in [0.15, 0.2) is 54.6 Å². The smallest absolute Gasteiger partial charge is 0.252 e. The van der Waals surface area contributed by atoms with Gasteiger partial charge in [0.1, 0.15) is 0 Å². The molecule has 0 fully saturated rings. The van der Waals surface area contributed by atoms with Crippen molar-refractivity contribution in [2.24, 2.45) is 0 Å². The number of amides is 1. The lowest BCUT2D eigenvalue weighted by Crippen LogP contribution is -2.32. The molecule has 0 saturated carbocycles. The van der Waals surface area contributed by atoms with Crippen LogP contribution in [0.4, 0.5) is 5.13 Å². The van der Waals surface area contributed by atoms with Crippen LogP contribution in [0.5, 0.6) is 0 Å². The van der Waals surface area contributed by atoms with Gasteiger partial charge in [0.25, 0.3) is 5.91 Å². The molecule has 0 atom stereocenters. The highest BCUT2D eigenvalue weighted by atomic mass is 32.1. The second-order valence-corrected chi connectivity index (χ2v) is 7.82. The van der Waals surface area contributed by atoms with E-state index in [1.807, 2.05) is 56.6 Å². The van der Waals surface area contributed by atoms with Gasteiger partial charge >= 0.3 is 0 Å². The number of aromatic nitrogens is 1. The Kier molecular flexibility index (Phi) is 6.37. The van der Waals surface area contributed by atoms with E-state index >= 15 is 0 Å². The molecule has 0 N–H and O–H groups in total. The Labute approximate surface area is 164 Å². The van der Waals surface area contributed by atoms with Crippen LogP contribution in [0.25, 0.3) is 16.3 Å². The number of fused-ring (bicyclic) bond motifs is 1. The summed E-state index contributed by atoms with van der Waals surface area (Å²) >= 11 is 1.57. The molecule has 0 aliphatic rings. The number of carbonyl (C=O) groups is 1. The highest BCUT2D eigenvalue weighted by Crippen LogP contribution is 2.31. The van der Waals surface area contributed by atoms with E-state index in [1.165, 1.54) is 0 Å². The van der Waals surface area contributed by atoms with Crippen molar-refractivity contribution in [3.05, 3.63) is 65.7 Å². The fourth-order valence-electron chi connectivity index (χ4n) is 2.86. The molecule has 4 nitrogen and oxygen atoms in total. The molecule has 1 aromatic heterocycles. The first-order valence-electron chi connectivity index (χ1n) is 9.10. The average molecular weight is 380 g/mol. The number of hydrogen-bond donors (Lipinski definition) is 0. The average Bonchev–Trinajstić information content (AvgIpc) is 3.09. The number of rotatable bonds is 7. The van der Waals surface area contributed by atoms with E-state index < -0.39 is 0 Å². The normalized spacial score (nSPS) is 11.6. The van der Waals surface area contributed by atoms with Crippen molar-refractivity contribution < 1.29 is 4.79 Å². The topological polar surface area (TPSA) is 36.4 Å². The van der Waals surface area contributed by atoms with Crippen molar-refractivity contribution in [3.63, 3.8) is 0 Å². The minimum absolute atomic E-state index is 0.0330. The Hall–Kier alpha value is -2.50. The van der Waals surface area contributed by atoms with E-state index in [9.17, 15) is 4.79 Å². The first kappa shape index (κ1) is 19.3. The zero-order chi connectivity index (χ0) is 19.2. The van der Waals surface area contributed by atoms with Crippen molar-refractivity contribution in [1.82, 2.24) is 9.88 Å². The Morgan fingerprint density at radius 1 is 1.07 bits per heavy atom. The van der Waals surface area contributed by atoms with Gasteiger partial charge in [-0.3, -0.25) is 9.69 Å². The second-order valence-electron chi connectivity index (χ2n) is 6.81. The SMILES string of the molecule is Cc1cccc2sc(N(CCCN(C)C)C(=O)C=Cc3ccccc3)nc12. The summed E-state index contributed by atoms with van der Waals surface area (Å²) in [4.78, 5) is 21.6. The highest BCUT2D eigenvalue weighted by molar-refractivity contribution is 7.22. The molecule has 3 rings (SSSR count). The molecule has 1 heterocycles. The molecule has 2 aromatic carbocycles. The lowest BCUT2D eigenvalue weighted by atomic mass is 10.2. The van der Waals surface area contributed by atoms with E-state index in [0.29, 0.717) is 6.54 Å². The number of carbonyl (C=O) groups excluding carboxylic acids is 1. The van der Waals surface area contributed by atoms with Crippen LogP contribution in [-0.2, 0) is 4.79 Å². The van der Waals surface area contributed by atoms with Gasteiger partial charge in [-0.15, -0.1) is 0 Å². The molecule has 0 aliphatic heterocycles. The monoisotopic (exact) mass is 379 g/mol. The maximum atomic E-state index is 12.9. The quantitative estimate of drug-likeness (QED) is 0.563. The van der Waals surface area contributed by atoms with Crippen molar-refractivity contribution in [2.45, 2.75) is 13.3 Å². The Balaban J connectivity index is 1.86. The van der Waals surface area contributed by atoms with Crippen molar-refractivity contribution in [3.8, 4) is 0 Å². The third kappa shape index (κ3) is 5.02. The molecule has 0 unspecified atom stereocenters. The van der Waals surface area contributed by atoms with Gasteiger partial charge in [-0.05, 0) is 57.3 Å². The van der Waals surface area contributed by atoms with E-state index in [1.54, 1.807) is 22.3 Å². The van der Waals surface area contributed by atoms with Crippen molar-refractivity contribution >= 4 is 38.7 Å². The van der Waals surface area contributed by atoms with Crippen LogP contribution in [0.1, 0.15) is 17.5 Å². The molecule has 0 saturated heterocycles. The van der Waals surface area contributed by atoms with Crippen LogP contribution in [0.2, 0.25) is 0 Å². The van der Waals surface area contributed by atoms with Crippen LogP contribution < -0.4 is 4.90 Å². The Morgan fingerprint density at radius 3 is 2.56 bits per heavy atom. The van der Waals surface area contributed by atoms with Gasteiger partial charge in [-0.25, -0.2) is 4.98 Å². The number of thiazole rings is 1. The van der Waals surface area contributed by atoms with E-state index in [0.717, 1.165) is 39.4 Å². The molecule has 0 aliphatic carbocycles. The summed E-state index contributed by atoms with van der Waals surface area (Å²) in [5.74, 6) is -0.0330. The summed E-state index contributed by atoms with van der Waals surface area (Å²) in [5, 5.41) is 0.765.